The first kappa shape index (κ1) is 188. The SMILES string of the molecule is B#N.O.O.O.O.O.O.O.O.O.O.O.O.O=BOB=O.O=BOB=O. The van der Waals surface area contributed by atoms with Gasteiger partial charge < -0.3 is 65.7 Å². The fourth-order valence-corrected chi connectivity index (χ4v) is 0.0454. The summed E-state index contributed by atoms with van der Waals surface area (Å²) in [4.78, 5) is 0. The molecule has 0 fully saturated rings. The van der Waals surface area contributed by atoms with Crippen molar-refractivity contribution in [1.29, 1.82) is 5.16 Å². The van der Waals surface area contributed by atoms with Crippen LogP contribution in [0.4, 0.5) is 0 Å². The molecule has 19 nitrogen and oxygen atoms in total. The molecule has 0 spiro atoms. The van der Waals surface area contributed by atoms with Gasteiger partial charge >= 0.3 is 70.0 Å². The second-order valence-corrected chi connectivity index (χ2v) is 0.657. The van der Waals surface area contributed by atoms with Gasteiger partial charge in [0.25, 0.3) is 0 Å². The molecular formula is H24B5NO18. The van der Waals surface area contributed by atoms with Gasteiger partial charge in [0.05, 0.1) is 0 Å². The Morgan fingerprint density at radius 1 is 0.417 bits per heavy atom. The molecule has 0 saturated carbocycles. The molecule has 0 aromatic carbocycles. The van der Waals surface area contributed by atoms with Crippen molar-refractivity contribution in [3.05, 3.63) is 0 Å². The number of rotatable bonds is 4. The van der Waals surface area contributed by atoms with Crippen LogP contribution in [0.2, 0.25) is 0 Å². The second kappa shape index (κ2) is 467. The van der Waals surface area contributed by atoms with Crippen LogP contribution < -0.4 is 0 Å². The van der Waals surface area contributed by atoms with Crippen LogP contribution in [0, 0.1) is 5.16 Å². The summed E-state index contributed by atoms with van der Waals surface area (Å²) in [5.74, 6) is 0. The molecule has 0 rings (SSSR count). The van der Waals surface area contributed by atoms with E-state index >= 15 is 0 Å². The summed E-state index contributed by atoms with van der Waals surface area (Å²) in [6.07, 6.45) is 0. The van der Waals surface area contributed by atoms with E-state index in [4.69, 9.17) is 24.0 Å². The summed E-state index contributed by atoms with van der Waals surface area (Å²) < 4.78 is 42.8. The zero-order valence-corrected chi connectivity index (χ0v) is 11.8. The zero-order valence-electron chi connectivity index (χ0n) is 11.8. The molecule has 0 amide bonds. The Balaban J connectivity index is -0.00000000323. The van der Waals surface area contributed by atoms with Crippen molar-refractivity contribution >= 4 is 36.9 Å². The Kier molecular flexibility index (Phi) is 3660. The first-order valence-corrected chi connectivity index (χ1v) is 2.14. The van der Waals surface area contributed by atoms with Crippen LogP contribution in [-0.4, -0.2) is 103 Å². The summed E-state index contributed by atoms with van der Waals surface area (Å²) in [5, 5.41) is 6.50. The maximum atomic E-state index is 8.95. The van der Waals surface area contributed by atoms with Crippen LogP contribution in [0.15, 0.2) is 0 Å². The maximum absolute atomic E-state index is 8.95. The molecular weight excluding hydrogens is 356 g/mol. The average molecular weight is 380 g/mol. The van der Waals surface area contributed by atoms with Crippen molar-refractivity contribution in [2.45, 2.75) is 0 Å². The normalized spacial score (nSPS) is 1.88. The Hall–Kier alpha value is -1.65. The van der Waals surface area contributed by atoms with E-state index in [9.17, 15) is 0 Å². The molecule has 152 valence electrons. The molecule has 0 radical (unpaired) electrons. The third kappa shape index (κ3) is 1380. The first-order valence-electron chi connectivity index (χ1n) is 2.14. The summed E-state index contributed by atoms with van der Waals surface area (Å²) in [6.45, 7) is 0. The summed E-state index contributed by atoms with van der Waals surface area (Å²) >= 11 is 0. The number of hydrogen-bond acceptors (Lipinski definition) is 7. The zero-order chi connectivity index (χ0) is 10.2. The Bertz CT molecular complexity index is 124. The standard InChI is InChI=1S/2B2O3.BN.12H2O/c2*3-1-5-2-4;1-2;;;;;;;;;;;;/h;;;12*1H2. The first-order chi connectivity index (χ1) is 5.83. The molecule has 0 aliphatic carbocycles. The average Bonchev–Trinajstić information content (AvgIpc) is 2.12. The molecule has 0 aliphatic heterocycles. The van der Waals surface area contributed by atoms with Gasteiger partial charge in [-0.3, -0.25) is 0 Å². The molecule has 0 aliphatic rings. The van der Waals surface area contributed by atoms with Crippen LogP contribution in [0.25, 0.3) is 0 Å². The van der Waals surface area contributed by atoms with E-state index < -0.39 is 0 Å². The van der Waals surface area contributed by atoms with Crippen LogP contribution in [0.5, 0.6) is 0 Å². The Morgan fingerprint density at radius 2 is 0.500 bits per heavy atom. The van der Waals surface area contributed by atoms with Crippen LogP contribution in [0.3, 0.4) is 0 Å². The third-order valence-electron chi connectivity index (χ3n) is 0.222. The van der Waals surface area contributed by atoms with E-state index in [1.807, 2.05) is 0 Å². The molecule has 0 bridgehead atoms. The molecule has 24 heteroatoms. The molecule has 0 aromatic rings. The van der Waals surface area contributed by atoms with E-state index in [2.05, 4.69) is 16.6 Å². The second-order valence-electron chi connectivity index (χ2n) is 0.657. The minimum atomic E-state index is 0. The molecule has 0 aromatic heterocycles. The Labute approximate surface area is 137 Å². The molecule has 24 heavy (non-hydrogen) atoms. The van der Waals surface area contributed by atoms with Gasteiger partial charge in [-0.05, 0) is 0 Å². The van der Waals surface area contributed by atoms with Gasteiger partial charge in [0.15, 0.2) is 0 Å². The molecule has 24 N–H and O–H groups in total. The van der Waals surface area contributed by atoms with E-state index in [1.165, 1.54) is 0 Å². The summed E-state index contributed by atoms with van der Waals surface area (Å²) in [5.41, 5.74) is 0. The topological polar surface area (TPSA) is 489 Å². The van der Waals surface area contributed by atoms with Gasteiger partial charge in [-0.25, -0.2) is 0 Å². The Morgan fingerprint density at radius 3 is 0.500 bits per heavy atom. The monoisotopic (exact) mass is 381 g/mol. The van der Waals surface area contributed by atoms with Crippen LogP contribution in [0.1, 0.15) is 0 Å². The number of hydrogen-bond donors (Lipinski definition) is 0. The van der Waals surface area contributed by atoms with Crippen molar-refractivity contribution in [2.75, 3.05) is 0 Å². The molecule has 0 atom stereocenters. The molecule has 0 saturated heterocycles. The van der Waals surface area contributed by atoms with E-state index in [0.29, 0.717) is 0 Å². The van der Waals surface area contributed by atoms with Crippen molar-refractivity contribution < 1.29 is 93.7 Å². The summed E-state index contributed by atoms with van der Waals surface area (Å²) in [7, 11) is 3.75. The predicted octanol–water partition coefficient (Wildman–Crippen LogP) is -12.4. The van der Waals surface area contributed by atoms with Gasteiger partial charge in [0.2, 0.25) is 0 Å². The third-order valence-corrected chi connectivity index (χ3v) is 0.222. The van der Waals surface area contributed by atoms with Crippen LogP contribution >= 0.6 is 0 Å². The van der Waals surface area contributed by atoms with Gasteiger partial charge in [0, 0.05) is 0 Å². The predicted molar refractivity (Wildman–Crippen MR) is 78.8 cm³/mol. The van der Waals surface area contributed by atoms with Crippen molar-refractivity contribution in [2.24, 2.45) is 0 Å². The van der Waals surface area contributed by atoms with Gasteiger partial charge in [-0.1, -0.05) is 0 Å². The van der Waals surface area contributed by atoms with Crippen LogP contribution in [-0.2, 0) is 28.0 Å². The van der Waals surface area contributed by atoms with Gasteiger partial charge in [0.1, 0.15) is 0 Å². The molecule has 0 heterocycles. The minimum absolute atomic E-state index is 0. The van der Waals surface area contributed by atoms with Crippen molar-refractivity contribution in [3.8, 4) is 0 Å². The fraction of sp³-hybridized carbons (Fsp3) is 0. The van der Waals surface area contributed by atoms with Crippen molar-refractivity contribution in [3.63, 3.8) is 0 Å². The van der Waals surface area contributed by atoms with E-state index in [-0.39, 0.29) is 95.1 Å². The summed E-state index contributed by atoms with van der Waals surface area (Å²) in [6, 6.07) is 0. The fourth-order valence-electron chi connectivity index (χ4n) is 0.0454. The number of nitrogens with zero attached hydrogens (tertiary/aromatic N) is 1. The van der Waals surface area contributed by atoms with Gasteiger partial charge in [-0.2, -0.15) is 0 Å². The van der Waals surface area contributed by atoms with Crippen molar-refractivity contribution in [1.82, 2.24) is 0 Å². The van der Waals surface area contributed by atoms with Gasteiger partial charge in [-0.15, -0.1) is 0 Å². The quantitative estimate of drug-likeness (QED) is 0.423. The van der Waals surface area contributed by atoms with E-state index in [0.717, 1.165) is 0 Å². The van der Waals surface area contributed by atoms with E-state index in [1.54, 1.807) is 0 Å². The molecule has 0 unspecified atom stereocenters.